The molecule has 0 N–H and O–H groups in total. The SMILES string of the molecule is CO[C@H]1O[C@H](C(=O)OCc2ccccc2)[C@@H](OCc2ccccc2)[C@H](OCc2ccccc2)[C@H]1OCc1ccccc1. The van der Waals surface area contributed by atoms with Gasteiger partial charge >= 0.3 is 5.97 Å². The highest BCUT2D eigenvalue weighted by Crippen LogP contribution is 2.31. The van der Waals surface area contributed by atoms with Crippen molar-refractivity contribution in [2.45, 2.75) is 57.1 Å². The smallest absolute Gasteiger partial charge is 0.338 e. The lowest BCUT2D eigenvalue weighted by atomic mass is 9.97. The monoisotopic (exact) mass is 568 g/mol. The second-order valence-electron chi connectivity index (χ2n) is 10.0. The van der Waals surface area contributed by atoms with Crippen LogP contribution in [0.5, 0.6) is 0 Å². The Kier molecular flexibility index (Phi) is 10.9. The number of rotatable bonds is 13. The van der Waals surface area contributed by atoms with Gasteiger partial charge in [-0.25, -0.2) is 4.79 Å². The molecule has 1 aliphatic heterocycles. The van der Waals surface area contributed by atoms with Gasteiger partial charge in [0, 0.05) is 7.11 Å². The van der Waals surface area contributed by atoms with Crippen LogP contribution >= 0.6 is 0 Å². The normalized spacial score (nSPS) is 22.0. The number of ether oxygens (including phenoxy) is 6. The maximum atomic E-state index is 13.6. The standard InChI is InChI=1S/C35H36O7/c1-37-35-33(40-24-28-18-10-4-11-19-28)31(39-23-27-16-8-3-9-17-27)30(38-22-26-14-6-2-7-15-26)32(42-35)34(36)41-25-29-20-12-5-13-21-29/h2-21,30-33,35H,22-25H2,1H3/t30-,31-,32-,33+,35-/m0/s1. The molecule has 5 rings (SSSR count). The van der Waals surface area contributed by atoms with Crippen molar-refractivity contribution < 1.29 is 33.2 Å². The van der Waals surface area contributed by atoms with Crippen molar-refractivity contribution in [1.82, 2.24) is 0 Å². The van der Waals surface area contributed by atoms with E-state index in [0.717, 1.165) is 22.3 Å². The van der Waals surface area contributed by atoms with Gasteiger partial charge in [0.2, 0.25) is 0 Å². The number of carbonyl (C=O) groups is 1. The van der Waals surface area contributed by atoms with Gasteiger partial charge < -0.3 is 28.4 Å². The first kappa shape index (κ1) is 29.6. The maximum absolute atomic E-state index is 13.6. The number of carbonyl (C=O) groups excluding carboxylic acids is 1. The Labute approximate surface area is 246 Å². The summed E-state index contributed by atoms with van der Waals surface area (Å²) in [7, 11) is 1.52. The van der Waals surface area contributed by atoms with Gasteiger partial charge in [0.05, 0.1) is 19.8 Å². The number of hydrogen-bond donors (Lipinski definition) is 0. The second-order valence-corrected chi connectivity index (χ2v) is 10.0. The van der Waals surface area contributed by atoms with Gasteiger partial charge in [-0.3, -0.25) is 0 Å². The van der Waals surface area contributed by atoms with Crippen molar-refractivity contribution in [1.29, 1.82) is 0 Å². The van der Waals surface area contributed by atoms with Crippen molar-refractivity contribution in [2.75, 3.05) is 7.11 Å². The summed E-state index contributed by atoms with van der Waals surface area (Å²) in [5.74, 6) is -0.561. The molecule has 1 saturated heterocycles. The first-order valence-electron chi connectivity index (χ1n) is 14.1. The quantitative estimate of drug-likeness (QED) is 0.187. The Hall–Kier alpha value is -3.85. The number of methoxy groups -OCH3 is 1. The van der Waals surface area contributed by atoms with Gasteiger partial charge in [0.1, 0.15) is 24.9 Å². The Morgan fingerprint density at radius 3 is 1.36 bits per heavy atom. The van der Waals surface area contributed by atoms with Gasteiger partial charge in [-0.05, 0) is 22.3 Å². The lowest BCUT2D eigenvalue weighted by Crippen LogP contribution is -2.62. The molecule has 0 saturated carbocycles. The maximum Gasteiger partial charge on any atom is 0.338 e. The summed E-state index contributed by atoms with van der Waals surface area (Å²) in [5, 5.41) is 0. The highest BCUT2D eigenvalue weighted by atomic mass is 16.7. The van der Waals surface area contributed by atoms with Gasteiger partial charge in [0.15, 0.2) is 12.4 Å². The molecule has 4 aromatic carbocycles. The van der Waals surface area contributed by atoms with Crippen LogP contribution in [-0.2, 0) is 59.6 Å². The molecule has 7 heteroatoms. The Morgan fingerprint density at radius 2 is 0.929 bits per heavy atom. The molecule has 4 aromatic rings. The fraction of sp³-hybridized carbons (Fsp3) is 0.286. The summed E-state index contributed by atoms with van der Waals surface area (Å²) >= 11 is 0. The second kappa shape index (κ2) is 15.4. The topological polar surface area (TPSA) is 72.5 Å². The first-order chi connectivity index (χ1) is 20.7. The third kappa shape index (κ3) is 8.12. The van der Waals surface area contributed by atoms with Crippen molar-refractivity contribution in [2.24, 2.45) is 0 Å². The van der Waals surface area contributed by atoms with Gasteiger partial charge in [-0.1, -0.05) is 121 Å². The molecule has 0 bridgehead atoms. The fourth-order valence-electron chi connectivity index (χ4n) is 4.85. The molecule has 0 aliphatic carbocycles. The first-order valence-corrected chi connectivity index (χ1v) is 14.1. The molecular weight excluding hydrogens is 532 g/mol. The van der Waals surface area contributed by atoms with E-state index in [1.54, 1.807) is 0 Å². The molecule has 7 nitrogen and oxygen atoms in total. The van der Waals surface area contributed by atoms with Gasteiger partial charge in [-0.2, -0.15) is 0 Å². The molecule has 42 heavy (non-hydrogen) atoms. The average Bonchev–Trinajstić information content (AvgIpc) is 3.06. The molecule has 0 aromatic heterocycles. The van der Waals surface area contributed by atoms with E-state index in [1.165, 1.54) is 7.11 Å². The van der Waals surface area contributed by atoms with Crippen LogP contribution in [0.3, 0.4) is 0 Å². The van der Waals surface area contributed by atoms with E-state index in [2.05, 4.69) is 0 Å². The largest absolute Gasteiger partial charge is 0.459 e. The molecule has 0 spiro atoms. The minimum absolute atomic E-state index is 0.103. The van der Waals surface area contributed by atoms with E-state index < -0.39 is 36.7 Å². The van der Waals surface area contributed by atoms with Crippen LogP contribution in [0.15, 0.2) is 121 Å². The van der Waals surface area contributed by atoms with Gasteiger partial charge in [-0.15, -0.1) is 0 Å². The zero-order chi connectivity index (χ0) is 29.0. The van der Waals surface area contributed by atoms with Crippen molar-refractivity contribution in [3.05, 3.63) is 144 Å². The predicted octanol–water partition coefficient (Wildman–Crippen LogP) is 5.86. The van der Waals surface area contributed by atoms with Crippen LogP contribution in [0.25, 0.3) is 0 Å². The highest BCUT2D eigenvalue weighted by Gasteiger charge is 2.52. The van der Waals surface area contributed by atoms with E-state index in [1.807, 2.05) is 121 Å². The summed E-state index contributed by atoms with van der Waals surface area (Å²) in [6.45, 7) is 0.927. The Bertz CT molecular complexity index is 1340. The molecule has 218 valence electrons. The van der Waals surface area contributed by atoms with E-state index in [9.17, 15) is 4.79 Å². The lowest BCUT2D eigenvalue weighted by Gasteiger charge is -2.44. The minimum atomic E-state index is -1.11. The average molecular weight is 569 g/mol. The zero-order valence-corrected chi connectivity index (χ0v) is 23.6. The number of hydrogen-bond acceptors (Lipinski definition) is 7. The Morgan fingerprint density at radius 1 is 0.548 bits per heavy atom. The van der Waals surface area contributed by atoms with Crippen LogP contribution in [0, 0.1) is 0 Å². The molecule has 0 radical (unpaired) electrons. The van der Waals surface area contributed by atoms with Crippen LogP contribution in [-0.4, -0.2) is 43.8 Å². The summed E-state index contributed by atoms with van der Waals surface area (Å²) in [6, 6.07) is 38.9. The summed E-state index contributed by atoms with van der Waals surface area (Å²) in [5.41, 5.74) is 3.78. The van der Waals surface area contributed by atoms with Crippen LogP contribution in [0.4, 0.5) is 0 Å². The molecule has 1 fully saturated rings. The minimum Gasteiger partial charge on any atom is -0.459 e. The van der Waals surface area contributed by atoms with Crippen LogP contribution < -0.4 is 0 Å². The third-order valence-electron chi connectivity index (χ3n) is 7.04. The van der Waals surface area contributed by atoms with Crippen molar-refractivity contribution in [3.63, 3.8) is 0 Å². The van der Waals surface area contributed by atoms with Crippen molar-refractivity contribution in [3.8, 4) is 0 Å². The molecule has 0 unspecified atom stereocenters. The van der Waals surface area contributed by atoms with E-state index in [4.69, 9.17) is 28.4 Å². The van der Waals surface area contributed by atoms with Gasteiger partial charge in [0.25, 0.3) is 0 Å². The Balaban J connectivity index is 1.42. The van der Waals surface area contributed by atoms with E-state index in [-0.39, 0.29) is 19.8 Å². The number of esters is 1. The molecule has 5 atom stereocenters. The lowest BCUT2D eigenvalue weighted by molar-refractivity contribution is -0.315. The summed E-state index contributed by atoms with van der Waals surface area (Å²) < 4.78 is 37.1. The van der Waals surface area contributed by atoms with Crippen LogP contribution in [0.2, 0.25) is 0 Å². The zero-order valence-electron chi connectivity index (χ0n) is 23.6. The third-order valence-corrected chi connectivity index (χ3v) is 7.04. The summed E-state index contributed by atoms with van der Waals surface area (Å²) in [4.78, 5) is 13.6. The van der Waals surface area contributed by atoms with E-state index in [0.29, 0.717) is 6.61 Å². The molecule has 1 heterocycles. The predicted molar refractivity (Wildman–Crippen MR) is 157 cm³/mol. The number of benzene rings is 4. The van der Waals surface area contributed by atoms with E-state index >= 15 is 0 Å². The highest BCUT2D eigenvalue weighted by molar-refractivity contribution is 5.76. The van der Waals surface area contributed by atoms with Crippen LogP contribution in [0.1, 0.15) is 22.3 Å². The molecular formula is C35H36O7. The summed E-state index contributed by atoms with van der Waals surface area (Å²) in [6.07, 6.45) is -4.27. The fourth-order valence-corrected chi connectivity index (χ4v) is 4.85. The molecule has 0 amide bonds. The molecule has 1 aliphatic rings. The van der Waals surface area contributed by atoms with Crippen molar-refractivity contribution >= 4 is 5.97 Å².